The van der Waals surface area contributed by atoms with Crippen LogP contribution in [-0.2, 0) is 6.18 Å². The van der Waals surface area contributed by atoms with Gasteiger partial charge in [0.05, 0.1) is 11.3 Å². The number of nitrogens with zero attached hydrogens (tertiary/aromatic N) is 5. The van der Waals surface area contributed by atoms with E-state index in [1.807, 2.05) is 0 Å². The predicted molar refractivity (Wildman–Crippen MR) is 87.6 cm³/mol. The molecule has 0 spiro atoms. The van der Waals surface area contributed by atoms with Crippen molar-refractivity contribution in [1.82, 2.24) is 20.3 Å². The fourth-order valence-corrected chi connectivity index (χ4v) is 3.30. The lowest BCUT2D eigenvalue weighted by Gasteiger charge is -2.35. The first-order valence-corrected chi connectivity index (χ1v) is 8.71. The van der Waals surface area contributed by atoms with Crippen LogP contribution in [-0.4, -0.2) is 26.8 Å². The van der Waals surface area contributed by atoms with Gasteiger partial charge in [-0.05, 0) is 32.3 Å². The molecule has 0 bridgehead atoms. The molecule has 0 radical (unpaired) electrons. The molecule has 0 N–H and O–H groups in total. The van der Waals surface area contributed by atoms with Gasteiger partial charge in [-0.15, -0.1) is 0 Å². The van der Waals surface area contributed by atoms with Crippen molar-refractivity contribution in [2.45, 2.75) is 38.4 Å². The summed E-state index contributed by atoms with van der Waals surface area (Å²) >= 11 is 0. The van der Waals surface area contributed by atoms with E-state index in [0.717, 1.165) is 25.0 Å². The van der Waals surface area contributed by atoms with Gasteiger partial charge in [0, 0.05) is 12.6 Å². The average Bonchev–Trinajstić information content (AvgIpc) is 3.32. The summed E-state index contributed by atoms with van der Waals surface area (Å²) in [6, 6.07) is 1.21. The fourth-order valence-electron chi connectivity index (χ4n) is 3.30. The number of aryl methyl sites for hydroxylation is 1. The topological polar surface area (TPSA) is 81.1 Å². The van der Waals surface area contributed by atoms with E-state index >= 15 is 0 Å². The minimum atomic E-state index is -4.89. The van der Waals surface area contributed by atoms with E-state index in [-0.39, 0.29) is 5.69 Å². The lowest BCUT2D eigenvalue weighted by molar-refractivity contribution is -0.159. The number of rotatable bonds is 3. The average molecular weight is 415 g/mol. The summed E-state index contributed by atoms with van der Waals surface area (Å²) in [5, 5.41) is 6.84. The molecule has 0 amide bonds. The molecule has 3 aromatic rings. The van der Waals surface area contributed by atoms with Crippen LogP contribution < -0.4 is 4.90 Å². The Kier molecular flexibility index (Phi) is 4.71. The predicted octanol–water partition coefficient (Wildman–Crippen LogP) is 4.46. The van der Waals surface area contributed by atoms with Crippen LogP contribution in [0.5, 0.6) is 0 Å². The zero-order valence-corrected chi connectivity index (χ0v) is 15.0. The van der Waals surface area contributed by atoms with Gasteiger partial charge in [-0.1, -0.05) is 10.3 Å². The quantitative estimate of drug-likeness (QED) is 0.585. The first kappa shape index (κ1) is 19.3. The Balaban J connectivity index is 1.70. The summed E-state index contributed by atoms with van der Waals surface area (Å²) in [6.07, 6.45) is -2.70. The number of hydrogen-bond donors (Lipinski definition) is 0. The molecule has 2 aromatic heterocycles. The number of anilines is 1. The van der Waals surface area contributed by atoms with Crippen molar-refractivity contribution in [3.05, 3.63) is 41.4 Å². The van der Waals surface area contributed by atoms with Crippen LogP contribution in [0.1, 0.15) is 42.9 Å². The summed E-state index contributed by atoms with van der Waals surface area (Å²) in [5.74, 6) is -3.45. The first-order chi connectivity index (χ1) is 13.7. The van der Waals surface area contributed by atoms with Gasteiger partial charge >= 0.3 is 12.1 Å². The lowest BCUT2D eigenvalue weighted by atomic mass is 10.0. The van der Waals surface area contributed by atoms with Gasteiger partial charge in [-0.25, -0.2) is 8.78 Å². The molecule has 7 nitrogen and oxygen atoms in total. The maximum absolute atomic E-state index is 14.9. The Hall–Kier alpha value is -3.05. The van der Waals surface area contributed by atoms with Crippen LogP contribution >= 0.6 is 0 Å². The molecule has 12 heteroatoms. The third-order valence-corrected chi connectivity index (χ3v) is 4.59. The van der Waals surface area contributed by atoms with Crippen molar-refractivity contribution in [1.29, 1.82) is 0 Å². The highest BCUT2D eigenvalue weighted by atomic mass is 19.4. The van der Waals surface area contributed by atoms with Gasteiger partial charge in [0.2, 0.25) is 11.7 Å². The minimum absolute atomic E-state index is 0.0636. The van der Waals surface area contributed by atoms with Crippen molar-refractivity contribution in [3.63, 3.8) is 0 Å². The fraction of sp³-hybridized carbons (Fsp3) is 0.412. The summed E-state index contributed by atoms with van der Waals surface area (Å²) < 4.78 is 76.7. The summed E-state index contributed by atoms with van der Waals surface area (Å²) in [5.41, 5.74) is -0.598. The summed E-state index contributed by atoms with van der Waals surface area (Å²) in [4.78, 5) is 8.89. The van der Waals surface area contributed by atoms with Crippen LogP contribution in [0.4, 0.5) is 27.6 Å². The molecule has 4 rings (SSSR count). The third-order valence-electron chi connectivity index (χ3n) is 4.59. The molecule has 1 saturated heterocycles. The van der Waals surface area contributed by atoms with Crippen molar-refractivity contribution in [2.24, 2.45) is 0 Å². The second kappa shape index (κ2) is 7.08. The van der Waals surface area contributed by atoms with Crippen LogP contribution in [0.25, 0.3) is 11.4 Å². The molecule has 1 atom stereocenters. The molecule has 3 heterocycles. The second-order valence-corrected chi connectivity index (χ2v) is 6.59. The highest BCUT2D eigenvalue weighted by Crippen LogP contribution is 2.38. The highest BCUT2D eigenvalue weighted by Gasteiger charge is 2.39. The molecule has 0 aliphatic carbocycles. The van der Waals surface area contributed by atoms with Gasteiger partial charge in [0.15, 0.2) is 5.82 Å². The van der Waals surface area contributed by atoms with Crippen molar-refractivity contribution < 1.29 is 31.0 Å². The molecular formula is C17H14F5N5O2. The van der Waals surface area contributed by atoms with Crippen LogP contribution in [0, 0.1) is 18.6 Å². The van der Waals surface area contributed by atoms with E-state index in [4.69, 9.17) is 4.52 Å². The van der Waals surface area contributed by atoms with E-state index in [0.29, 0.717) is 24.7 Å². The number of hydrogen-bond acceptors (Lipinski definition) is 7. The highest BCUT2D eigenvalue weighted by molar-refractivity contribution is 5.62. The smallest absolute Gasteiger partial charge is 0.357 e. The lowest BCUT2D eigenvalue weighted by Crippen LogP contribution is -2.34. The normalized spacial score (nSPS) is 17.7. The Morgan fingerprint density at radius 2 is 1.83 bits per heavy atom. The molecular weight excluding hydrogens is 401 g/mol. The molecule has 1 fully saturated rings. The molecule has 1 aromatic carbocycles. The number of piperidine rings is 1. The van der Waals surface area contributed by atoms with Gasteiger partial charge in [-0.2, -0.15) is 23.1 Å². The monoisotopic (exact) mass is 415 g/mol. The van der Waals surface area contributed by atoms with Crippen LogP contribution in [0.3, 0.4) is 0 Å². The van der Waals surface area contributed by atoms with E-state index in [2.05, 4.69) is 24.8 Å². The standard InChI is InChI=1S/C17H14F5N5O2/c1-8-23-15(28-25-8)12-4-2-3-5-27(12)13-7-10(18)9(6-11(13)19)14-24-16(29-26-14)17(20,21)22/h6-7,12H,2-5H2,1H3. The largest absolute Gasteiger partial charge is 0.471 e. The summed E-state index contributed by atoms with van der Waals surface area (Å²) in [7, 11) is 0. The van der Waals surface area contributed by atoms with Crippen LogP contribution in [0.15, 0.2) is 21.2 Å². The van der Waals surface area contributed by atoms with Crippen molar-refractivity contribution in [2.75, 3.05) is 11.4 Å². The van der Waals surface area contributed by atoms with Gasteiger partial charge in [0.25, 0.3) is 0 Å². The molecule has 0 saturated carbocycles. The second-order valence-electron chi connectivity index (χ2n) is 6.59. The number of halogens is 5. The zero-order valence-electron chi connectivity index (χ0n) is 15.0. The van der Waals surface area contributed by atoms with Crippen molar-refractivity contribution in [3.8, 4) is 11.4 Å². The van der Waals surface area contributed by atoms with E-state index in [1.165, 1.54) is 0 Å². The van der Waals surface area contributed by atoms with Gasteiger partial charge < -0.3 is 13.9 Å². The Morgan fingerprint density at radius 3 is 2.48 bits per heavy atom. The molecule has 154 valence electrons. The molecule has 1 aliphatic rings. The first-order valence-electron chi connectivity index (χ1n) is 8.71. The number of benzene rings is 1. The Bertz CT molecular complexity index is 1030. The zero-order chi connectivity index (χ0) is 20.8. The minimum Gasteiger partial charge on any atom is -0.357 e. The Labute approximate surface area is 160 Å². The van der Waals surface area contributed by atoms with E-state index in [1.54, 1.807) is 11.8 Å². The van der Waals surface area contributed by atoms with Gasteiger partial charge in [-0.3, -0.25) is 0 Å². The summed E-state index contributed by atoms with van der Waals surface area (Å²) in [6.45, 7) is 2.07. The van der Waals surface area contributed by atoms with Gasteiger partial charge in [0.1, 0.15) is 17.7 Å². The molecule has 1 unspecified atom stereocenters. The number of aromatic nitrogens is 4. The maximum Gasteiger partial charge on any atom is 0.471 e. The Morgan fingerprint density at radius 1 is 1.03 bits per heavy atom. The molecule has 29 heavy (non-hydrogen) atoms. The number of alkyl halides is 3. The van der Waals surface area contributed by atoms with Crippen molar-refractivity contribution >= 4 is 5.69 Å². The van der Waals surface area contributed by atoms with E-state index < -0.39 is 41.1 Å². The molecule has 1 aliphatic heterocycles. The van der Waals surface area contributed by atoms with E-state index in [9.17, 15) is 22.0 Å². The van der Waals surface area contributed by atoms with Crippen LogP contribution in [0.2, 0.25) is 0 Å². The maximum atomic E-state index is 14.9. The SMILES string of the molecule is Cc1noc(C2CCCCN2c2cc(F)c(-c3noc(C(F)(F)F)n3)cc2F)n1. The third kappa shape index (κ3) is 3.66.